The molecule has 0 bridgehead atoms. The van der Waals surface area contributed by atoms with Crippen LogP contribution in [0.1, 0.15) is 16.7 Å². The number of nitrogens with zero attached hydrogens (tertiary/aromatic N) is 2. The number of oxime groups is 1. The molecule has 0 aliphatic carbocycles. The molecule has 9 heteroatoms. The lowest BCUT2D eigenvalue weighted by Crippen LogP contribution is -2.29. The second-order valence-electron chi connectivity index (χ2n) is 6.60. The topological polar surface area (TPSA) is 92.9 Å². The molecule has 0 atom stereocenters. The Hall–Kier alpha value is -3.73. The largest absolute Gasteiger partial charge is 0.489 e. The monoisotopic (exact) mass is 483 g/mol. The standard InChI is InChI=1S/C24H19Cl2N3O4/c1-28-24(30)22(29-31-2)19-6-4-3-5-16(19)14-32-18-11-20(25)23(21(26)12-18)33-17-9-7-15(13-27)8-10-17/h3-12H,14H2,1-2H3,(H,28,30)/b29-22+. The van der Waals surface area contributed by atoms with E-state index in [9.17, 15) is 4.79 Å². The van der Waals surface area contributed by atoms with Crippen molar-refractivity contribution in [2.24, 2.45) is 5.16 Å². The first kappa shape index (κ1) is 23.9. The second-order valence-corrected chi connectivity index (χ2v) is 7.42. The zero-order chi connectivity index (χ0) is 23.8. The maximum atomic E-state index is 12.2. The molecule has 0 radical (unpaired) electrons. The zero-order valence-electron chi connectivity index (χ0n) is 17.8. The summed E-state index contributed by atoms with van der Waals surface area (Å²) in [6.45, 7) is 0.123. The van der Waals surface area contributed by atoms with Crippen molar-refractivity contribution in [2.45, 2.75) is 6.61 Å². The van der Waals surface area contributed by atoms with Crippen LogP contribution >= 0.6 is 23.2 Å². The molecule has 0 aromatic heterocycles. The van der Waals surface area contributed by atoms with Gasteiger partial charge in [0.2, 0.25) is 0 Å². The first-order valence-corrected chi connectivity index (χ1v) is 10.4. The molecule has 0 heterocycles. The molecule has 3 aromatic rings. The Labute approximate surface area is 201 Å². The van der Waals surface area contributed by atoms with Crippen molar-refractivity contribution in [3.8, 4) is 23.3 Å². The molecule has 3 rings (SSSR count). The van der Waals surface area contributed by atoms with E-state index in [0.717, 1.165) is 0 Å². The first-order chi connectivity index (χ1) is 16.0. The summed E-state index contributed by atoms with van der Waals surface area (Å²) >= 11 is 12.8. The van der Waals surface area contributed by atoms with Crippen molar-refractivity contribution in [1.29, 1.82) is 5.26 Å². The van der Waals surface area contributed by atoms with Crippen molar-refractivity contribution >= 4 is 34.8 Å². The fourth-order valence-corrected chi connectivity index (χ4v) is 3.44. The van der Waals surface area contributed by atoms with Crippen molar-refractivity contribution in [3.63, 3.8) is 0 Å². The molecule has 0 spiro atoms. The second kappa shape index (κ2) is 11.2. The van der Waals surface area contributed by atoms with Gasteiger partial charge >= 0.3 is 0 Å². The van der Waals surface area contributed by atoms with Crippen LogP contribution in [-0.2, 0) is 16.2 Å². The molecule has 0 aliphatic rings. The Bertz CT molecular complexity index is 1200. The smallest absolute Gasteiger partial charge is 0.273 e. The van der Waals surface area contributed by atoms with Crippen molar-refractivity contribution in [3.05, 3.63) is 87.4 Å². The predicted molar refractivity (Wildman–Crippen MR) is 126 cm³/mol. The SMILES string of the molecule is CNC(=O)/C(=N/OC)c1ccccc1COc1cc(Cl)c(Oc2ccc(C#N)cc2)c(Cl)c1. The minimum Gasteiger partial charge on any atom is -0.489 e. The van der Waals surface area contributed by atoms with E-state index < -0.39 is 0 Å². The molecule has 168 valence electrons. The van der Waals surface area contributed by atoms with E-state index in [1.54, 1.807) is 48.5 Å². The summed E-state index contributed by atoms with van der Waals surface area (Å²) in [6.07, 6.45) is 0. The van der Waals surface area contributed by atoms with Crippen molar-refractivity contribution in [2.75, 3.05) is 14.2 Å². The lowest BCUT2D eigenvalue weighted by molar-refractivity contribution is -0.114. The Kier molecular flexibility index (Phi) is 8.14. The molecule has 33 heavy (non-hydrogen) atoms. The Morgan fingerprint density at radius 2 is 1.73 bits per heavy atom. The van der Waals surface area contributed by atoms with Gasteiger partial charge < -0.3 is 19.6 Å². The fraction of sp³-hybridized carbons (Fsp3) is 0.125. The van der Waals surface area contributed by atoms with Crippen LogP contribution in [0, 0.1) is 11.3 Å². The molecule has 0 unspecified atom stereocenters. The Balaban J connectivity index is 1.80. The van der Waals surface area contributed by atoms with Crippen LogP contribution in [0.3, 0.4) is 0 Å². The van der Waals surface area contributed by atoms with Gasteiger partial charge in [-0.15, -0.1) is 0 Å². The quantitative estimate of drug-likeness (QED) is 0.345. The minimum atomic E-state index is -0.389. The van der Waals surface area contributed by atoms with Gasteiger partial charge in [-0.05, 0) is 29.8 Å². The van der Waals surface area contributed by atoms with Gasteiger partial charge in [0.1, 0.15) is 25.2 Å². The number of ether oxygens (including phenoxy) is 2. The molecule has 7 nitrogen and oxygen atoms in total. The Morgan fingerprint density at radius 3 is 2.33 bits per heavy atom. The highest BCUT2D eigenvalue weighted by Gasteiger charge is 2.18. The van der Waals surface area contributed by atoms with Gasteiger partial charge in [0, 0.05) is 24.7 Å². The van der Waals surface area contributed by atoms with Crippen molar-refractivity contribution < 1.29 is 19.1 Å². The molecular formula is C24H19Cl2N3O4. The highest BCUT2D eigenvalue weighted by molar-refractivity contribution is 6.45. The predicted octanol–water partition coefficient (Wildman–Crippen LogP) is 5.33. The number of benzene rings is 3. The van der Waals surface area contributed by atoms with Gasteiger partial charge in [-0.2, -0.15) is 5.26 Å². The van der Waals surface area contributed by atoms with Gasteiger partial charge in [0.05, 0.1) is 21.7 Å². The summed E-state index contributed by atoms with van der Waals surface area (Å²) in [5, 5.41) is 15.8. The zero-order valence-corrected chi connectivity index (χ0v) is 19.3. The van der Waals surface area contributed by atoms with Crippen LogP contribution in [0.2, 0.25) is 10.0 Å². The maximum Gasteiger partial charge on any atom is 0.273 e. The van der Waals surface area contributed by atoms with E-state index in [0.29, 0.717) is 28.2 Å². The summed E-state index contributed by atoms with van der Waals surface area (Å²) in [7, 11) is 2.88. The summed E-state index contributed by atoms with van der Waals surface area (Å²) in [4.78, 5) is 17.0. The lowest BCUT2D eigenvalue weighted by Gasteiger charge is -2.14. The normalized spacial score (nSPS) is 10.8. The van der Waals surface area contributed by atoms with Crippen LogP contribution < -0.4 is 14.8 Å². The molecule has 0 saturated carbocycles. The molecule has 1 amide bonds. The third kappa shape index (κ3) is 5.95. The number of carbonyl (C=O) groups is 1. The summed E-state index contributed by atoms with van der Waals surface area (Å²) < 4.78 is 11.7. The number of carbonyl (C=O) groups excluding carboxylic acids is 1. The van der Waals surface area contributed by atoms with Crippen LogP contribution in [0.15, 0.2) is 65.8 Å². The average Bonchev–Trinajstić information content (AvgIpc) is 2.83. The highest BCUT2D eigenvalue weighted by atomic mass is 35.5. The van der Waals surface area contributed by atoms with Gasteiger partial charge in [-0.3, -0.25) is 4.79 Å². The van der Waals surface area contributed by atoms with Crippen LogP contribution in [0.4, 0.5) is 0 Å². The number of nitrogens with one attached hydrogen (secondary N) is 1. The molecule has 1 N–H and O–H groups in total. The van der Waals surface area contributed by atoms with Crippen LogP contribution in [-0.4, -0.2) is 25.8 Å². The number of likely N-dealkylation sites (N-methyl/N-ethyl adjacent to an activating group) is 1. The first-order valence-electron chi connectivity index (χ1n) is 9.68. The van der Waals surface area contributed by atoms with Gasteiger partial charge in [0.25, 0.3) is 5.91 Å². The van der Waals surface area contributed by atoms with Crippen molar-refractivity contribution in [1.82, 2.24) is 5.32 Å². The highest BCUT2D eigenvalue weighted by Crippen LogP contribution is 2.39. The fourth-order valence-electron chi connectivity index (χ4n) is 2.89. The summed E-state index contributed by atoms with van der Waals surface area (Å²) in [5.74, 6) is 0.779. The molecule has 0 fully saturated rings. The maximum absolute atomic E-state index is 12.2. The van der Waals surface area contributed by atoms with E-state index in [1.807, 2.05) is 18.2 Å². The minimum absolute atomic E-state index is 0.123. The number of nitriles is 1. The Morgan fingerprint density at radius 1 is 1.06 bits per heavy atom. The molecule has 3 aromatic carbocycles. The van der Waals surface area contributed by atoms with Gasteiger partial charge in [-0.1, -0.05) is 52.6 Å². The van der Waals surface area contributed by atoms with E-state index in [4.69, 9.17) is 42.8 Å². The third-order valence-electron chi connectivity index (χ3n) is 4.47. The summed E-state index contributed by atoms with van der Waals surface area (Å²) in [6, 6.07) is 18.9. The third-order valence-corrected chi connectivity index (χ3v) is 5.03. The number of hydrogen-bond acceptors (Lipinski definition) is 6. The average molecular weight is 484 g/mol. The summed E-state index contributed by atoms with van der Waals surface area (Å²) in [5.41, 5.74) is 1.92. The van der Waals surface area contributed by atoms with E-state index >= 15 is 0 Å². The van der Waals surface area contributed by atoms with Crippen LogP contribution in [0.25, 0.3) is 0 Å². The molecular weight excluding hydrogens is 465 g/mol. The number of halogens is 2. The van der Waals surface area contributed by atoms with Gasteiger partial charge in [-0.25, -0.2) is 0 Å². The molecule has 0 aliphatic heterocycles. The van der Waals surface area contributed by atoms with E-state index in [1.165, 1.54) is 14.2 Å². The number of hydrogen-bond donors (Lipinski definition) is 1. The van der Waals surface area contributed by atoms with Gasteiger partial charge in [0.15, 0.2) is 11.5 Å². The number of rotatable bonds is 8. The molecule has 0 saturated heterocycles. The van der Waals surface area contributed by atoms with E-state index in [-0.39, 0.29) is 34.0 Å². The van der Waals surface area contributed by atoms with Crippen LogP contribution in [0.5, 0.6) is 17.2 Å². The lowest BCUT2D eigenvalue weighted by atomic mass is 10.0. The van der Waals surface area contributed by atoms with E-state index in [2.05, 4.69) is 10.5 Å². The number of amides is 1.